The van der Waals surface area contributed by atoms with Crippen molar-refractivity contribution in [2.24, 2.45) is 0 Å². The molecule has 0 saturated heterocycles. The molecule has 0 radical (unpaired) electrons. The molecule has 2 aromatic rings. The van der Waals surface area contributed by atoms with Gasteiger partial charge in [-0.15, -0.1) is 11.6 Å². The van der Waals surface area contributed by atoms with Crippen molar-refractivity contribution in [3.8, 4) is 0 Å². The van der Waals surface area contributed by atoms with E-state index in [0.717, 1.165) is 14.5 Å². The number of halogens is 4. The highest BCUT2D eigenvalue weighted by Crippen LogP contribution is 2.26. The van der Waals surface area contributed by atoms with Crippen molar-refractivity contribution in [1.29, 1.82) is 0 Å². The maximum absolute atomic E-state index is 13.8. The SMILES string of the molecule is Fc1ccc(Br)cc1CC(CCl)c1ccc(Br)cc1. The van der Waals surface area contributed by atoms with Crippen LogP contribution in [-0.2, 0) is 6.42 Å². The molecule has 0 spiro atoms. The lowest BCUT2D eigenvalue weighted by molar-refractivity contribution is 0.598. The Morgan fingerprint density at radius 1 is 1.00 bits per heavy atom. The third-order valence-corrected chi connectivity index (χ3v) is 4.40. The van der Waals surface area contributed by atoms with Gasteiger partial charge in [-0.3, -0.25) is 0 Å². The fourth-order valence-corrected chi connectivity index (χ4v) is 2.92. The van der Waals surface area contributed by atoms with Gasteiger partial charge in [-0.2, -0.15) is 0 Å². The lowest BCUT2D eigenvalue weighted by Gasteiger charge is -2.15. The van der Waals surface area contributed by atoms with Gasteiger partial charge in [-0.05, 0) is 47.9 Å². The second-order valence-corrected chi connectivity index (χ2v) is 6.48. The fraction of sp³-hybridized carbons (Fsp3) is 0.200. The van der Waals surface area contributed by atoms with Crippen LogP contribution >= 0.6 is 43.5 Å². The normalized spacial score (nSPS) is 12.4. The van der Waals surface area contributed by atoms with E-state index in [4.69, 9.17) is 11.6 Å². The van der Waals surface area contributed by atoms with Crippen LogP contribution in [-0.4, -0.2) is 5.88 Å². The molecule has 2 rings (SSSR count). The summed E-state index contributed by atoms with van der Waals surface area (Å²) in [7, 11) is 0. The topological polar surface area (TPSA) is 0 Å². The summed E-state index contributed by atoms with van der Waals surface area (Å²) in [6, 6.07) is 13.0. The summed E-state index contributed by atoms with van der Waals surface area (Å²) in [5, 5.41) is 0. The molecule has 4 heteroatoms. The van der Waals surface area contributed by atoms with Gasteiger partial charge in [0, 0.05) is 20.7 Å². The lowest BCUT2D eigenvalue weighted by Crippen LogP contribution is -2.06. The Bertz CT molecular complexity index is 555. The highest BCUT2D eigenvalue weighted by Gasteiger charge is 2.14. The Morgan fingerprint density at radius 3 is 2.26 bits per heavy atom. The predicted octanol–water partition coefficient (Wildman–Crippen LogP) is 5.92. The molecule has 0 saturated carbocycles. The predicted molar refractivity (Wildman–Crippen MR) is 85.4 cm³/mol. The van der Waals surface area contributed by atoms with E-state index < -0.39 is 0 Å². The molecule has 2 aromatic carbocycles. The maximum atomic E-state index is 13.8. The number of alkyl halides is 1. The van der Waals surface area contributed by atoms with Crippen LogP contribution in [0.15, 0.2) is 51.4 Å². The largest absolute Gasteiger partial charge is 0.207 e. The zero-order valence-electron chi connectivity index (χ0n) is 10.0. The summed E-state index contributed by atoms with van der Waals surface area (Å²) in [5.74, 6) is 0.391. The van der Waals surface area contributed by atoms with E-state index in [0.29, 0.717) is 17.9 Å². The maximum Gasteiger partial charge on any atom is 0.126 e. The van der Waals surface area contributed by atoms with Gasteiger partial charge >= 0.3 is 0 Å². The Morgan fingerprint density at radius 2 is 1.63 bits per heavy atom. The first kappa shape index (κ1) is 15.0. The summed E-state index contributed by atoms with van der Waals surface area (Å²) < 4.78 is 15.7. The lowest BCUT2D eigenvalue weighted by atomic mass is 9.93. The number of benzene rings is 2. The van der Waals surface area contributed by atoms with Crippen molar-refractivity contribution < 1.29 is 4.39 Å². The van der Waals surface area contributed by atoms with Crippen molar-refractivity contribution in [2.45, 2.75) is 12.3 Å². The minimum absolute atomic E-state index is 0.110. The minimum Gasteiger partial charge on any atom is -0.207 e. The second kappa shape index (κ2) is 6.87. The molecule has 0 amide bonds. The van der Waals surface area contributed by atoms with E-state index in [1.54, 1.807) is 6.07 Å². The molecule has 0 N–H and O–H groups in total. The molecule has 1 unspecified atom stereocenters. The summed E-state index contributed by atoms with van der Waals surface area (Å²) in [6.07, 6.45) is 0.594. The molecule has 0 aliphatic rings. The molecule has 0 aliphatic carbocycles. The molecule has 0 nitrogen and oxygen atoms in total. The van der Waals surface area contributed by atoms with Crippen LogP contribution in [0.5, 0.6) is 0 Å². The summed E-state index contributed by atoms with van der Waals surface area (Å²) in [5.41, 5.74) is 1.81. The van der Waals surface area contributed by atoms with E-state index in [9.17, 15) is 4.39 Å². The van der Waals surface area contributed by atoms with Gasteiger partial charge in [-0.1, -0.05) is 44.0 Å². The highest BCUT2D eigenvalue weighted by atomic mass is 79.9. The first-order valence-corrected chi connectivity index (χ1v) is 7.97. The third-order valence-electron chi connectivity index (χ3n) is 3.00. The number of hydrogen-bond donors (Lipinski definition) is 0. The van der Waals surface area contributed by atoms with Gasteiger partial charge in [0.15, 0.2) is 0 Å². The molecule has 0 aliphatic heterocycles. The molecule has 100 valence electrons. The standard InChI is InChI=1S/C15H12Br2ClF/c16-13-3-1-10(2-4-13)12(9-18)7-11-8-14(17)5-6-15(11)19/h1-6,8,12H,7,9H2. The van der Waals surface area contributed by atoms with E-state index in [1.165, 1.54) is 6.07 Å². The van der Waals surface area contributed by atoms with Gasteiger partial charge in [0.25, 0.3) is 0 Å². The molecule has 1 atom stereocenters. The third kappa shape index (κ3) is 4.04. The minimum atomic E-state index is -0.185. The van der Waals surface area contributed by atoms with Crippen molar-refractivity contribution in [3.63, 3.8) is 0 Å². The first-order valence-electron chi connectivity index (χ1n) is 5.85. The Hall–Kier alpha value is -0.380. The van der Waals surface area contributed by atoms with Crippen LogP contribution < -0.4 is 0 Å². The van der Waals surface area contributed by atoms with Crippen molar-refractivity contribution in [3.05, 3.63) is 68.4 Å². The second-order valence-electron chi connectivity index (χ2n) is 4.34. The zero-order chi connectivity index (χ0) is 13.8. The molecule has 19 heavy (non-hydrogen) atoms. The molecular weight excluding hydrogens is 394 g/mol. The zero-order valence-corrected chi connectivity index (χ0v) is 14.0. The molecular formula is C15H12Br2ClF. The van der Waals surface area contributed by atoms with Gasteiger partial charge in [0.05, 0.1) is 0 Å². The number of hydrogen-bond acceptors (Lipinski definition) is 0. The average molecular weight is 407 g/mol. The van der Waals surface area contributed by atoms with Gasteiger partial charge in [-0.25, -0.2) is 4.39 Å². The quantitative estimate of drug-likeness (QED) is 0.553. The smallest absolute Gasteiger partial charge is 0.126 e. The highest BCUT2D eigenvalue weighted by molar-refractivity contribution is 9.10. The van der Waals surface area contributed by atoms with E-state index in [1.807, 2.05) is 30.3 Å². The Balaban J connectivity index is 2.23. The van der Waals surface area contributed by atoms with Crippen molar-refractivity contribution in [1.82, 2.24) is 0 Å². The van der Waals surface area contributed by atoms with Crippen LogP contribution in [0.4, 0.5) is 4.39 Å². The molecule has 0 fully saturated rings. The van der Waals surface area contributed by atoms with Crippen LogP contribution in [0.1, 0.15) is 17.0 Å². The van der Waals surface area contributed by atoms with Gasteiger partial charge in [0.2, 0.25) is 0 Å². The number of rotatable bonds is 4. The van der Waals surface area contributed by atoms with Crippen LogP contribution in [0.2, 0.25) is 0 Å². The van der Waals surface area contributed by atoms with Crippen molar-refractivity contribution in [2.75, 3.05) is 5.88 Å². The summed E-state index contributed by atoms with van der Waals surface area (Å²) in [6.45, 7) is 0. The first-order chi connectivity index (χ1) is 9.10. The fourth-order valence-electron chi connectivity index (χ4n) is 1.96. The average Bonchev–Trinajstić information content (AvgIpc) is 2.41. The monoisotopic (exact) mass is 404 g/mol. The summed E-state index contributed by atoms with van der Waals surface area (Å²) in [4.78, 5) is 0. The van der Waals surface area contributed by atoms with Crippen LogP contribution in [0, 0.1) is 5.82 Å². The molecule has 0 heterocycles. The van der Waals surface area contributed by atoms with Crippen LogP contribution in [0.25, 0.3) is 0 Å². The van der Waals surface area contributed by atoms with Crippen LogP contribution in [0.3, 0.4) is 0 Å². The van der Waals surface area contributed by atoms with Gasteiger partial charge in [0.1, 0.15) is 5.82 Å². The summed E-state index contributed by atoms with van der Waals surface area (Å²) >= 11 is 12.8. The Labute approximate surface area is 134 Å². The van der Waals surface area contributed by atoms with E-state index in [-0.39, 0.29) is 11.7 Å². The van der Waals surface area contributed by atoms with Crippen molar-refractivity contribution >= 4 is 43.5 Å². The Kier molecular flexibility index (Phi) is 5.43. The van der Waals surface area contributed by atoms with Gasteiger partial charge < -0.3 is 0 Å². The molecule has 0 bridgehead atoms. The van der Waals surface area contributed by atoms with E-state index >= 15 is 0 Å². The van der Waals surface area contributed by atoms with E-state index in [2.05, 4.69) is 31.9 Å². The molecule has 0 aromatic heterocycles.